The van der Waals surface area contributed by atoms with Crippen molar-refractivity contribution in [2.45, 2.75) is 45.1 Å². The van der Waals surface area contributed by atoms with E-state index in [0.717, 1.165) is 60.2 Å². The monoisotopic (exact) mass is 465 g/mol. The maximum absolute atomic E-state index is 14.1. The molecule has 4 rings (SSSR count). The van der Waals surface area contributed by atoms with Gasteiger partial charge in [-0.05, 0) is 62.1 Å². The molecule has 0 spiro atoms. The zero-order valence-electron chi connectivity index (χ0n) is 17.4. The lowest BCUT2D eigenvalue weighted by Gasteiger charge is -2.25. The van der Waals surface area contributed by atoms with Crippen LogP contribution in [-0.4, -0.2) is 34.0 Å². The molecule has 1 aliphatic carbocycles. The van der Waals surface area contributed by atoms with Crippen molar-refractivity contribution in [3.63, 3.8) is 0 Å². The number of aromatic hydroxyl groups is 1. The Balaban J connectivity index is 1.72. The van der Waals surface area contributed by atoms with E-state index in [1.54, 1.807) is 6.92 Å². The van der Waals surface area contributed by atoms with Gasteiger partial charge < -0.3 is 14.6 Å². The predicted octanol–water partition coefficient (Wildman–Crippen LogP) is 5.02. The van der Waals surface area contributed by atoms with Crippen LogP contribution in [0.5, 0.6) is 11.5 Å². The number of aromatic nitrogens is 1. The lowest BCUT2D eigenvalue weighted by Crippen LogP contribution is -2.26. The van der Waals surface area contributed by atoms with Gasteiger partial charge in [0.15, 0.2) is 11.6 Å². The molecule has 33 heavy (non-hydrogen) atoms. The molecule has 1 N–H and O–H groups in total. The minimum absolute atomic E-state index is 0.0154. The average Bonchev–Trinajstić information content (AvgIpc) is 2.95. The Morgan fingerprint density at radius 3 is 2.39 bits per heavy atom. The summed E-state index contributed by atoms with van der Waals surface area (Å²) in [6.45, 7) is 1.56. The molecule has 1 aromatic heterocycles. The zero-order chi connectivity index (χ0) is 23.9. The molecule has 6 nitrogen and oxygen atoms in total. The van der Waals surface area contributed by atoms with Crippen molar-refractivity contribution in [1.29, 1.82) is 0 Å². The van der Waals surface area contributed by atoms with Crippen molar-refractivity contribution in [2.75, 3.05) is 0 Å². The molecule has 0 bridgehead atoms. The second-order valence-electron chi connectivity index (χ2n) is 7.82. The molecule has 1 heterocycles. The minimum Gasteiger partial charge on any atom is -0.505 e. The number of hydrogen-bond donors (Lipinski definition) is 1. The van der Waals surface area contributed by atoms with Crippen LogP contribution in [0, 0.1) is 12.7 Å². The predicted molar refractivity (Wildman–Crippen MR) is 109 cm³/mol. The number of phenols is 1. The van der Waals surface area contributed by atoms with Gasteiger partial charge in [-0.2, -0.15) is 0 Å². The molecule has 0 unspecified atom stereocenters. The molecular weight excluding hydrogens is 446 g/mol. The SMILES string of the molecule is Cc1c(CC(=O)OC2CCC2)c2cc(O)c(F)cc2n1C(=O)c1ccc(OC(F)(F)F)cc1. The van der Waals surface area contributed by atoms with Gasteiger partial charge in [0.2, 0.25) is 0 Å². The van der Waals surface area contributed by atoms with Crippen LogP contribution in [0.1, 0.15) is 40.9 Å². The third-order valence-electron chi connectivity index (χ3n) is 5.61. The van der Waals surface area contributed by atoms with Crippen molar-refractivity contribution < 1.29 is 41.7 Å². The van der Waals surface area contributed by atoms with Gasteiger partial charge in [0.25, 0.3) is 5.91 Å². The van der Waals surface area contributed by atoms with Gasteiger partial charge in [-0.15, -0.1) is 13.2 Å². The van der Waals surface area contributed by atoms with Crippen LogP contribution < -0.4 is 4.74 Å². The fraction of sp³-hybridized carbons (Fsp3) is 0.304. The van der Waals surface area contributed by atoms with Gasteiger partial charge in [0, 0.05) is 22.7 Å². The number of alkyl halides is 3. The van der Waals surface area contributed by atoms with Gasteiger partial charge in [-0.3, -0.25) is 14.2 Å². The van der Waals surface area contributed by atoms with Gasteiger partial charge in [0.05, 0.1) is 11.9 Å². The Bertz CT molecular complexity index is 1230. The van der Waals surface area contributed by atoms with E-state index in [2.05, 4.69) is 4.74 Å². The quantitative estimate of drug-likeness (QED) is 0.423. The highest BCUT2D eigenvalue weighted by molar-refractivity contribution is 6.05. The highest BCUT2D eigenvalue weighted by Gasteiger charge is 2.31. The average molecular weight is 465 g/mol. The number of carbonyl (C=O) groups is 2. The number of halogens is 4. The third kappa shape index (κ3) is 4.64. The summed E-state index contributed by atoms with van der Waals surface area (Å²) in [5.74, 6) is -3.27. The van der Waals surface area contributed by atoms with Gasteiger partial charge in [0.1, 0.15) is 11.9 Å². The Hall–Kier alpha value is -3.56. The first-order valence-corrected chi connectivity index (χ1v) is 10.2. The number of benzene rings is 2. The number of rotatable bonds is 5. The van der Waals surface area contributed by atoms with Gasteiger partial charge >= 0.3 is 12.3 Å². The van der Waals surface area contributed by atoms with Crippen LogP contribution in [0.4, 0.5) is 17.6 Å². The molecule has 0 aliphatic heterocycles. The standard InChI is InChI=1S/C23H19F4NO5/c1-12-16(10-21(30)32-14-3-2-4-14)17-9-20(29)18(24)11-19(17)28(12)22(31)13-5-7-15(8-6-13)33-23(25,26)27/h5-9,11,14,29H,2-4,10H2,1H3. The first-order chi connectivity index (χ1) is 15.5. The molecule has 10 heteroatoms. The second-order valence-corrected chi connectivity index (χ2v) is 7.82. The van der Waals surface area contributed by atoms with E-state index in [4.69, 9.17) is 4.74 Å². The van der Waals surface area contributed by atoms with Gasteiger partial charge in [-0.25, -0.2) is 4.39 Å². The summed E-state index contributed by atoms with van der Waals surface area (Å²) >= 11 is 0. The molecule has 0 saturated heterocycles. The number of esters is 1. The Morgan fingerprint density at radius 1 is 1.15 bits per heavy atom. The first-order valence-electron chi connectivity index (χ1n) is 10.2. The van der Waals surface area contributed by atoms with E-state index >= 15 is 0 Å². The summed E-state index contributed by atoms with van der Waals surface area (Å²) in [6.07, 6.45) is -2.67. The van der Waals surface area contributed by atoms with Crippen LogP contribution in [0.25, 0.3) is 10.9 Å². The van der Waals surface area contributed by atoms with E-state index in [1.807, 2.05) is 0 Å². The second kappa shape index (κ2) is 8.42. The summed E-state index contributed by atoms with van der Waals surface area (Å²) < 4.78 is 61.7. The summed E-state index contributed by atoms with van der Waals surface area (Å²) in [7, 11) is 0. The Kier molecular flexibility index (Phi) is 5.77. The van der Waals surface area contributed by atoms with Crippen LogP contribution >= 0.6 is 0 Å². The topological polar surface area (TPSA) is 77.8 Å². The smallest absolute Gasteiger partial charge is 0.505 e. The van der Waals surface area contributed by atoms with Crippen LogP contribution in [-0.2, 0) is 16.0 Å². The summed E-state index contributed by atoms with van der Waals surface area (Å²) in [6, 6.07) is 6.38. The van der Waals surface area contributed by atoms with E-state index in [-0.39, 0.29) is 23.6 Å². The highest BCUT2D eigenvalue weighted by atomic mass is 19.4. The minimum atomic E-state index is -4.87. The molecule has 0 radical (unpaired) electrons. The molecule has 0 atom stereocenters. The van der Waals surface area contributed by atoms with E-state index in [0.29, 0.717) is 16.6 Å². The largest absolute Gasteiger partial charge is 0.573 e. The maximum Gasteiger partial charge on any atom is 0.573 e. The molecule has 1 saturated carbocycles. The van der Waals surface area contributed by atoms with Crippen molar-refractivity contribution >= 4 is 22.8 Å². The number of phenolic OH excluding ortho intramolecular Hbond substituents is 1. The highest BCUT2D eigenvalue weighted by Crippen LogP contribution is 2.33. The third-order valence-corrected chi connectivity index (χ3v) is 5.61. The number of hydrogen-bond acceptors (Lipinski definition) is 5. The van der Waals surface area contributed by atoms with Crippen molar-refractivity contribution in [1.82, 2.24) is 4.57 Å². The fourth-order valence-electron chi connectivity index (χ4n) is 3.76. The molecule has 174 valence electrons. The first kappa shape index (κ1) is 22.6. The van der Waals surface area contributed by atoms with E-state index in [1.165, 1.54) is 0 Å². The molecular formula is C23H19F4NO5. The Morgan fingerprint density at radius 2 is 1.82 bits per heavy atom. The fourth-order valence-corrected chi connectivity index (χ4v) is 3.76. The lowest BCUT2D eigenvalue weighted by atomic mass is 9.96. The summed E-state index contributed by atoms with van der Waals surface area (Å²) in [4.78, 5) is 25.6. The van der Waals surface area contributed by atoms with Crippen LogP contribution in [0.3, 0.4) is 0 Å². The maximum atomic E-state index is 14.1. The van der Waals surface area contributed by atoms with Crippen LogP contribution in [0.15, 0.2) is 36.4 Å². The molecule has 0 amide bonds. The Labute approximate surface area is 185 Å². The molecule has 1 fully saturated rings. The number of nitrogens with zero attached hydrogens (tertiary/aromatic N) is 1. The van der Waals surface area contributed by atoms with Crippen molar-refractivity contribution in [3.05, 3.63) is 59.0 Å². The molecule has 1 aliphatic rings. The summed E-state index contributed by atoms with van der Waals surface area (Å²) in [5, 5.41) is 10.2. The van der Waals surface area contributed by atoms with Crippen molar-refractivity contribution in [3.8, 4) is 11.5 Å². The molecule has 3 aromatic rings. The number of carbonyl (C=O) groups excluding carboxylic acids is 2. The van der Waals surface area contributed by atoms with Gasteiger partial charge in [-0.1, -0.05) is 0 Å². The number of fused-ring (bicyclic) bond motifs is 1. The van der Waals surface area contributed by atoms with Crippen molar-refractivity contribution in [2.24, 2.45) is 0 Å². The van der Waals surface area contributed by atoms with Crippen LogP contribution in [0.2, 0.25) is 0 Å². The van der Waals surface area contributed by atoms with E-state index in [9.17, 15) is 32.3 Å². The number of ether oxygens (including phenoxy) is 2. The summed E-state index contributed by atoms with van der Waals surface area (Å²) in [5.41, 5.74) is 0.827. The zero-order valence-corrected chi connectivity index (χ0v) is 17.4. The van der Waals surface area contributed by atoms with E-state index < -0.39 is 35.6 Å². The molecule has 2 aromatic carbocycles. The normalized spacial score (nSPS) is 14.2. The lowest BCUT2D eigenvalue weighted by molar-refractivity contribution is -0.274.